The summed E-state index contributed by atoms with van der Waals surface area (Å²) >= 11 is 0. The molecule has 0 aliphatic carbocycles. The van der Waals surface area contributed by atoms with E-state index in [0.29, 0.717) is 12.4 Å². The smallest absolute Gasteiger partial charge is 0.330 e. The van der Waals surface area contributed by atoms with Crippen molar-refractivity contribution in [3.63, 3.8) is 0 Å². The SMILES string of the molecule is O=C1CCN(c2cnco2)C(=O)N1. The van der Waals surface area contributed by atoms with E-state index in [4.69, 9.17) is 4.42 Å². The molecule has 1 saturated heterocycles. The van der Waals surface area contributed by atoms with Crippen molar-refractivity contribution in [1.82, 2.24) is 10.3 Å². The molecule has 1 aromatic rings. The van der Waals surface area contributed by atoms with E-state index in [1.807, 2.05) is 0 Å². The number of amides is 3. The molecule has 3 amide bonds. The van der Waals surface area contributed by atoms with Crippen LogP contribution in [0.2, 0.25) is 0 Å². The average molecular weight is 181 g/mol. The van der Waals surface area contributed by atoms with Gasteiger partial charge in [-0.1, -0.05) is 0 Å². The molecule has 1 aromatic heterocycles. The molecular weight excluding hydrogens is 174 g/mol. The van der Waals surface area contributed by atoms with Crippen molar-refractivity contribution in [3.05, 3.63) is 12.6 Å². The number of aromatic nitrogens is 1. The van der Waals surface area contributed by atoms with Crippen LogP contribution in [0.15, 0.2) is 17.0 Å². The van der Waals surface area contributed by atoms with Crippen LogP contribution in [0.3, 0.4) is 0 Å². The van der Waals surface area contributed by atoms with Crippen molar-refractivity contribution in [1.29, 1.82) is 0 Å². The predicted octanol–water partition coefficient (Wildman–Crippen LogP) is 0.121. The molecule has 0 aromatic carbocycles. The number of anilines is 1. The zero-order chi connectivity index (χ0) is 9.26. The summed E-state index contributed by atoms with van der Waals surface area (Å²) < 4.78 is 4.92. The maximum Gasteiger partial charge on any atom is 0.330 e. The molecule has 6 nitrogen and oxygen atoms in total. The van der Waals surface area contributed by atoms with Gasteiger partial charge in [0.1, 0.15) is 0 Å². The highest BCUT2D eigenvalue weighted by Crippen LogP contribution is 2.14. The Kier molecular flexibility index (Phi) is 1.73. The molecule has 0 bridgehead atoms. The average Bonchev–Trinajstić information content (AvgIpc) is 2.56. The molecule has 6 heteroatoms. The molecule has 1 fully saturated rings. The van der Waals surface area contributed by atoms with E-state index in [0.717, 1.165) is 0 Å². The molecule has 0 saturated carbocycles. The van der Waals surface area contributed by atoms with Gasteiger partial charge in [0.15, 0.2) is 6.39 Å². The number of nitrogens with zero attached hydrogens (tertiary/aromatic N) is 2. The van der Waals surface area contributed by atoms with Crippen LogP contribution in [0.1, 0.15) is 6.42 Å². The summed E-state index contributed by atoms with van der Waals surface area (Å²) in [5.41, 5.74) is 0. The van der Waals surface area contributed by atoms with Gasteiger partial charge in [-0.25, -0.2) is 9.78 Å². The summed E-state index contributed by atoms with van der Waals surface area (Å²) in [6, 6.07) is -0.465. The molecular formula is C7H7N3O3. The Hall–Kier alpha value is -1.85. The molecule has 1 N–H and O–H groups in total. The van der Waals surface area contributed by atoms with Gasteiger partial charge >= 0.3 is 6.03 Å². The Bertz CT molecular complexity index is 333. The molecule has 0 atom stereocenters. The van der Waals surface area contributed by atoms with Crippen LogP contribution in [0.4, 0.5) is 10.7 Å². The van der Waals surface area contributed by atoms with Crippen molar-refractivity contribution >= 4 is 17.8 Å². The first-order valence-corrected chi connectivity index (χ1v) is 3.77. The highest BCUT2D eigenvalue weighted by atomic mass is 16.4. The van der Waals surface area contributed by atoms with E-state index >= 15 is 0 Å². The van der Waals surface area contributed by atoms with Crippen LogP contribution in [-0.4, -0.2) is 23.5 Å². The maximum atomic E-state index is 11.2. The summed E-state index contributed by atoms with van der Waals surface area (Å²) in [5, 5.41) is 2.18. The van der Waals surface area contributed by atoms with Gasteiger partial charge in [-0.3, -0.25) is 15.0 Å². The van der Waals surface area contributed by atoms with Crippen LogP contribution in [-0.2, 0) is 4.79 Å². The lowest BCUT2D eigenvalue weighted by molar-refractivity contribution is -0.120. The fraction of sp³-hybridized carbons (Fsp3) is 0.286. The molecule has 2 heterocycles. The quantitative estimate of drug-likeness (QED) is 0.667. The summed E-state index contributed by atoms with van der Waals surface area (Å²) in [6.45, 7) is 0.333. The van der Waals surface area contributed by atoms with Gasteiger partial charge in [-0.05, 0) is 0 Å². The van der Waals surface area contributed by atoms with Crippen LogP contribution < -0.4 is 10.2 Å². The van der Waals surface area contributed by atoms with E-state index in [1.54, 1.807) is 0 Å². The van der Waals surface area contributed by atoms with E-state index in [-0.39, 0.29) is 12.3 Å². The van der Waals surface area contributed by atoms with Crippen LogP contribution in [0, 0.1) is 0 Å². The number of nitrogens with one attached hydrogen (secondary N) is 1. The Morgan fingerprint density at radius 2 is 2.38 bits per heavy atom. The van der Waals surface area contributed by atoms with Crippen LogP contribution >= 0.6 is 0 Å². The lowest BCUT2D eigenvalue weighted by Crippen LogP contribution is -2.49. The minimum Gasteiger partial charge on any atom is -0.427 e. The molecule has 0 unspecified atom stereocenters. The number of carbonyl (C=O) groups excluding carboxylic acids is 2. The number of imide groups is 1. The number of urea groups is 1. The van der Waals surface area contributed by atoms with Crippen molar-refractivity contribution in [2.24, 2.45) is 0 Å². The zero-order valence-corrected chi connectivity index (χ0v) is 6.69. The third kappa shape index (κ3) is 1.37. The second-order valence-corrected chi connectivity index (χ2v) is 2.59. The van der Waals surface area contributed by atoms with Gasteiger partial charge in [-0.2, -0.15) is 0 Å². The lowest BCUT2D eigenvalue weighted by atomic mass is 10.3. The first-order valence-electron chi connectivity index (χ1n) is 3.77. The minimum absolute atomic E-state index is 0.263. The third-order valence-electron chi connectivity index (χ3n) is 1.74. The minimum atomic E-state index is -0.465. The molecule has 2 rings (SSSR count). The monoisotopic (exact) mass is 181 g/mol. The fourth-order valence-corrected chi connectivity index (χ4v) is 1.12. The normalized spacial score (nSPS) is 17.4. The topological polar surface area (TPSA) is 75.4 Å². The molecule has 0 spiro atoms. The molecule has 13 heavy (non-hydrogen) atoms. The van der Waals surface area contributed by atoms with Crippen LogP contribution in [0.25, 0.3) is 0 Å². The Morgan fingerprint density at radius 1 is 1.54 bits per heavy atom. The molecule has 0 radical (unpaired) electrons. The first-order chi connectivity index (χ1) is 6.27. The van der Waals surface area contributed by atoms with E-state index in [1.165, 1.54) is 17.5 Å². The van der Waals surface area contributed by atoms with Crippen molar-refractivity contribution in [2.45, 2.75) is 6.42 Å². The highest BCUT2D eigenvalue weighted by molar-refractivity contribution is 6.04. The second kappa shape index (κ2) is 2.89. The number of oxazole rings is 1. The highest BCUT2D eigenvalue weighted by Gasteiger charge is 2.25. The Labute approximate surface area is 73.5 Å². The Balaban J connectivity index is 2.17. The Morgan fingerprint density at radius 3 is 3.00 bits per heavy atom. The van der Waals surface area contributed by atoms with Crippen molar-refractivity contribution in [2.75, 3.05) is 11.4 Å². The predicted molar refractivity (Wildman–Crippen MR) is 42.0 cm³/mol. The van der Waals surface area contributed by atoms with Gasteiger partial charge in [-0.15, -0.1) is 0 Å². The summed E-state index contributed by atoms with van der Waals surface area (Å²) in [6.07, 6.45) is 2.95. The van der Waals surface area contributed by atoms with E-state index in [2.05, 4.69) is 10.3 Å². The third-order valence-corrected chi connectivity index (χ3v) is 1.74. The lowest BCUT2D eigenvalue weighted by Gasteiger charge is -2.23. The molecule has 1 aliphatic heterocycles. The number of carbonyl (C=O) groups is 2. The summed E-state index contributed by atoms with van der Waals surface area (Å²) in [4.78, 5) is 27.0. The van der Waals surface area contributed by atoms with Gasteiger partial charge in [0.2, 0.25) is 11.8 Å². The second-order valence-electron chi connectivity index (χ2n) is 2.59. The fourth-order valence-electron chi connectivity index (χ4n) is 1.12. The van der Waals surface area contributed by atoms with Gasteiger partial charge < -0.3 is 4.42 Å². The number of rotatable bonds is 1. The molecule has 68 valence electrons. The van der Waals surface area contributed by atoms with E-state index < -0.39 is 6.03 Å². The maximum absolute atomic E-state index is 11.2. The van der Waals surface area contributed by atoms with Gasteiger partial charge in [0, 0.05) is 13.0 Å². The van der Waals surface area contributed by atoms with Gasteiger partial charge in [0.25, 0.3) is 0 Å². The zero-order valence-electron chi connectivity index (χ0n) is 6.69. The van der Waals surface area contributed by atoms with Crippen molar-refractivity contribution in [3.8, 4) is 0 Å². The first kappa shape index (κ1) is 7.78. The summed E-state index contributed by atoms with van der Waals surface area (Å²) in [7, 11) is 0. The summed E-state index contributed by atoms with van der Waals surface area (Å²) in [5.74, 6) is 0.0887. The van der Waals surface area contributed by atoms with Crippen molar-refractivity contribution < 1.29 is 14.0 Å². The van der Waals surface area contributed by atoms with E-state index in [9.17, 15) is 9.59 Å². The number of hydrogen-bond donors (Lipinski definition) is 1. The number of hydrogen-bond acceptors (Lipinski definition) is 4. The largest absolute Gasteiger partial charge is 0.427 e. The molecule has 1 aliphatic rings. The standard InChI is InChI=1S/C7H7N3O3/c11-5-1-2-10(7(12)9-5)6-3-8-4-13-6/h3-4H,1-2H2,(H,9,11,12). The van der Waals surface area contributed by atoms with Crippen LogP contribution in [0.5, 0.6) is 0 Å². The van der Waals surface area contributed by atoms with Gasteiger partial charge in [0.05, 0.1) is 6.20 Å².